The van der Waals surface area contributed by atoms with E-state index in [9.17, 15) is 18.0 Å². The molecule has 0 bridgehead atoms. The summed E-state index contributed by atoms with van der Waals surface area (Å²) in [6.07, 6.45) is 1.92. The number of aliphatic imine (C=N–C) groups is 1. The summed E-state index contributed by atoms with van der Waals surface area (Å²) in [5.74, 6) is -1.15. The minimum absolute atomic E-state index is 0.0486. The third-order valence-electron chi connectivity index (χ3n) is 6.11. The highest BCUT2D eigenvalue weighted by atomic mass is 32.2. The Kier molecular flexibility index (Phi) is 11.3. The summed E-state index contributed by atoms with van der Waals surface area (Å²) >= 11 is 0. The Labute approximate surface area is 232 Å². The van der Waals surface area contributed by atoms with Gasteiger partial charge in [-0.15, -0.1) is 0 Å². The number of carbonyl (C=O) groups is 2. The van der Waals surface area contributed by atoms with E-state index < -0.39 is 33.5 Å². The van der Waals surface area contributed by atoms with Crippen LogP contribution in [0.1, 0.15) is 64.5 Å². The Morgan fingerprint density at radius 1 is 1.05 bits per heavy atom. The Bertz CT molecular complexity index is 1300. The average Bonchev–Trinajstić information content (AvgIpc) is 2.82. The molecule has 39 heavy (non-hydrogen) atoms. The first-order valence-corrected chi connectivity index (χ1v) is 14.7. The van der Waals surface area contributed by atoms with Crippen molar-refractivity contribution >= 4 is 38.6 Å². The van der Waals surface area contributed by atoms with E-state index in [1.807, 2.05) is 32.9 Å². The van der Waals surface area contributed by atoms with Crippen LogP contribution in [0.2, 0.25) is 0 Å². The second kappa shape index (κ2) is 13.7. The lowest BCUT2D eigenvalue weighted by atomic mass is 10.0. The fourth-order valence-electron chi connectivity index (χ4n) is 4.03. The monoisotopic (exact) mass is 561 g/mol. The van der Waals surface area contributed by atoms with Crippen molar-refractivity contribution in [3.05, 3.63) is 41.5 Å². The summed E-state index contributed by atoms with van der Waals surface area (Å²) in [5, 5.41) is 1.70. The first-order chi connectivity index (χ1) is 18.1. The van der Waals surface area contributed by atoms with Gasteiger partial charge in [-0.3, -0.25) is 14.6 Å². The van der Waals surface area contributed by atoms with Crippen LogP contribution in [0.3, 0.4) is 0 Å². The normalized spacial score (nSPS) is 12.7. The summed E-state index contributed by atoms with van der Waals surface area (Å²) in [7, 11) is -4.08. The van der Waals surface area contributed by atoms with Gasteiger partial charge in [-0.1, -0.05) is 31.5 Å². The predicted molar refractivity (Wildman–Crippen MR) is 155 cm³/mol. The zero-order valence-electron chi connectivity index (χ0n) is 23.9. The number of nitrogens with zero attached hydrogens (tertiary/aromatic N) is 2. The van der Waals surface area contributed by atoms with E-state index in [-0.39, 0.29) is 36.9 Å². The number of sulfonamides is 1. The molecule has 0 saturated heterocycles. The zero-order valence-corrected chi connectivity index (χ0v) is 24.7. The second-order valence-electron chi connectivity index (χ2n) is 10.8. The van der Waals surface area contributed by atoms with Crippen LogP contribution in [0.15, 0.2) is 40.2 Å². The number of nitrogens with one attached hydrogen (secondary N) is 1. The topological polar surface area (TPSA) is 157 Å². The molecular weight excluding hydrogens is 518 g/mol. The van der Waals surface area contributed by atoms with Crippen LogP contribution in [-0.2, 0) is 24.3 Å². The number of hydrogen-bond acceptors (Lipinski definition) is 6. The molecule has 1 amide bonds. The summed E-state index contributed by atoms with van der Waals surface area (Å²) in [4.78, 5) is 31.6. The van der Waals surface area contributed by atoms with Gasteiger partial charge in [0.05, 0.1) is 4.90 Å². The van der Waals surface area contributed by atoms with Gasteiger partial charge in [0.15, 0.2) is 5.96 Å². The molecule has 0 aromatic heterocycles. The van der Waals surface area contributed by atoms with Crippen molar-refractivity contribution in [2.24, 2.45) is 16.5 Å². The molecule has 5 N–H and O–H groups in total. The van der Waals surface area contributed by atoms with Gasteiger partial charge in [0, 0.05) is 13.1 Å². The van der Waals surface area contributed by atoms with Crippen molar-refractivity contribution in [1.29, 1.82) is 0 Å². The van der Waals surface area contributed by atoms with Crippen molar-refractivity contribution < 1.29 is 22.7 Å². The molecule has 2 rings (SSSR count). The molecule has 0 spiro atoms. The fraction of sp³-hybridized carbons (Fsp3) is 0.536. The quantitative estimate of drug-likeness (QED) is 0.147. The van der Waals surface area contributed by atoms with Crippen molar-refractivity contribution in [3.8, 4) is 0 Å². The SMILES string of the molecule is CCCCN(CC(=O)OC(C)(C)C)C(=O)[C@H](CCCN=C(N)N)NS(=O)(=O)c1ccc2cc(C)c(C)cc2c1. The number of esters is 1. The van der Waals surface area contributed by atoms with Gasteiger partial charge in [0.25, 0.3) is 0 Å². The molecule has 10 nitrogen and oxygen atoms in total. The van der Waals surface area contributed by atoms with Crippen molar-refractivity contribution in [1.82, 2.24) is 9.62 Å². The molecule has 0 aliphatic heterocycles. The number of nitrogens with two attached hydrogens (primary N) is 2. The molecule has 216 valence electrons. The summed E-state index contributed by atoms with van der Waals surface area (Å²) in [5.41, 5.74) is 12.3. The summed E-state index contributed by atoms with van der Waals surface area (Å²) in [6.45, 7) is 11.4. The van der Waals surface area contributed by atoms with E-state index in [1.54, 1.807) is 32.9 Å². The third kappa shape index (κ3) is 10.1. The molecule has 2 aromatic carbocycles. The van der Waals surface area contributed by atoms with Gasteiger partial charge in [0.2, 0.25) is 15.9 Å². The Morgan fingerprint density at radius 3 is 2.28 bits per heavy atom. The minimum Gasteiger partial charge on any atom is -0.459 e. The lowest BCUT2D eigenvalue weighted by Crippen LogP contribution is -2.50. The van der Waals surface area contributed by atoms with E-state index >= 15 is 0 Å². The molecule has 2 aromatic rings. The lowest BCUT2D eigenvalue weighted by molar-refractivity contribution is -0.159. The van der Waals surface area contributed by atoms with Gasteiger partial charge < -0.3 is 21.1 Å². The van der Waals surface area contributed by atoms with Crippen LogP contribution in [0.25, 0.3) is 10.8 Å². The highest BCUT2D eigenvalue weighted by Gasteiger charge is 2.31. The van der Waals surface area contributed by atoms with Gasteiger partial charge in [-0.25, -0.2) is 8.42 Å². The van der Waals surface area contributed by atoms with Crippen LogP contribution < -0.4 is 16.2 Å². The maximum absolute atomic E-state index is 13.7. The highest BCUT2D eigenvalue weighted by Crippen LogP contribution is 2.23. The molecule has 0 heterocycles. The largest absolute Gasteiger partial charge is 0.459 e. The fourth-order valence-corrected chi connectivity index (χ4v) is 5.29. The van der Waals surface area contributed by atoms with Crippen LogP contribution in [0.5, 0.6) is 0 Å². The maximum atomic E-state index is 13.7. The molecule has 0 saturated carbocycles. The van der Waals surface area contributed by atoms with Crippen LogP contribution in [0, 0.1) is 13.8 Å². The number of ether oxygens (including phenoxy) is 1. The first kappa shape index (κ1) is 32.0. The van der Waals surface area contributed by atoms with Crippen molar-refractivity contribution in [2.75, 3.05) is 19.6 Å². The van der Waals surface area contributed by atoms with E-state index in [1.165, 1.54) is 11.0 Å². The molecule has 0 radical (unpaired) electrons. The third-order valence-corrected chi connectivity index (χ3v) is 7.58. The molecule has 0 aliphatic rings. The van der Waals surface area contributed by atoms with E-state index in [4.69, 9.17) is 16.2 Å². The maximum Gasteiger partial charge on any atom is 0.326 e. The van der Waals surface area contributed by atoms with Crippen LogP contribution >= 0.6 is 0 Å². The smallest absolute Gasteiger partial charge is 0.326 e. The Balaban J connectivity index is 2.37. The van der Waals surface area contributed by atoms with Gasteiger partial charge in [-0.2, -0.15) is 4.72 Å². The highest BCUT2D eigenvalue weighted by molar-refractivity contribution is 7.89. The molecule has 0 fully saturated rings. The lowest BCUT2D eigenvalue weighted by Gasteiger charge is -2.28. The molecule has 11 heteroatoms. The number of hydrogen-bond donors (Lipinski definition) is 3. The average molecular weight is 562 g/mol. The number of rotatable bonds is 13. The van der Waals surface area contributed by atoms with Crippen molar-refractivity contribution in [2.45, 2.75) is 83.8 Å². The van der Waals surface area contributed by atoms with Gasteiger partial charge >= 0.3 is 5.97 Å². The number of fused-ring (bicyclic) bond motifs is 1. The molecule has 0 unspecified atom stereocenters. The number of amides is 1. The predicted octanol–water partition coefficient (Wildman–Crippen LogP) is 3.13. The number of aryl methyl sites for hydroxylation is 2. The van der Waals surface area contributed by atoms with E-state index in [0.717, 1.165) is 28.3 Å². The van der Waals surface area contributed by atoms with Crippen LogP contribution in [-0.4, -0.2) is 62.4 Å². The summed E-state index contributed by atoms with van der Waals surface area (Å²) in [6, 6.07) is 7.69. The van der Waals surface area contributed by atoms with Crippen LogP contribution in [0.4, 0.5) is 0 Å². The first-order valence-electron chi connectivity index (χ1n) is 13.2. The van der Waals surface area contributed by atoms with E-state index in [2.05, 4.69) is 9.71 Å². The second-order valence-corrected chi connectivity index (χ2v) is 12.5. The number of guanidine groups is 1. The molecule has 1 atom stereocenters. The van der Waals surface area contributed by atoms with Crippen molar-refractivity contribution in [3.63, 3.8) is 0 Å². The number of benzene rings is 2. The minimum atomic E-state index is -4.08. The zero-order chi connectivity index (χ0) is 29.4. The van der Waals surface area contributed by atoms with E-state index in [0.29, 0.717) is 12.8 Å². The standard InChI is InChI=1S/C28H43N5O5S/c1-7-8-14-33(18-25(34)38-28(4,5)6)26(35)24(10-9-13-31-27(29)30)32-39(36,37)23-12-11-21-15-19(2)20(3)16-22(21)17-23/h11-12,15-17,24,32H,7-10,13-14,18H2,1-6H3,(H4,29,30,31)/t24-/m0/s1. The Hall–Kier alpha value is -3.18. The number of carbonyl (C=O) groups excluding carboxylic acids is 2. The van der Waals surface area contributed by atoms with Gasteiger partial charge in [-0.05, 0) is 87.9 Å². The molecule has 0 aliphatic carbocycles. The number of unbranched alkanes of at least 4 members (excludes halogenated alkanes) is 1. The van der Waals surface area contributed by atoms with Gasteiger partial charge in [0.1, 0.15) is 18.2 Å². The summed E-state index contributed by atoms with van der Waals surface area (Å²) < 4.78 is 35.0. The Morgan fingerprint density at radius 2 is 1.69 bits per heavy atom. The molecular formula is C28H43N5O5S.